The second-order valence-electron chi connectivity index (χ2n) is 7.12. The van der Waals surface area contributed by atoms with Crippen LogP contribution in [-0.2, 0) is 4.79 Å². The predicted octanol–water partition coefficient (Wildman–Crippen LogP) is 3.50. The third kappa shape index (κ3) is 4.06. The lowest BCUT2D eigenvalue weighted by Gasteiger charge is -2.13. The monoisotopic (exact) mass is 356 g/mol. The molecule has 1 N–H and O–H groups in total. The molecule has 2 saturated carbocycles. The van der Waals surface area contributed by atoms with Crippen LogP contribution in [0.5, 0.6) is 0 Å². The van der Waals surface area contributed by atoms with Crippen molar-refractivity contribution in [1.29, 1.82) is 0 Å². The molecule has 4 rings (SSSR count). The van der Waals surface area contributed by atoms with Crippen molar-refractivity contribution in [2.45, 2.75) is 55.6 Å². The first kappa shape index (κ1) is 16.6. The van der Waals surface area contributed by atoms with E-state index in [4.69, 9.17) is 0 Å². The number of hydrogen-bond acceptors (Lipinski definition) is 4. The minimum absolute atomic E-state index is 0.0612. The molecule has 25 heavy (non-hydrogen) atoms. The maximum Gasteiger partial charge on any atom is 0.230 e. The third-order valence-electron chi connectivity index (χ3n) is 4.85. The fourth-order valence-electron chi connectivity index (χ4n) is 3.03. The molecule has 1 aromatic heterocycles. The summed E-state index contributed by atoms with van der Waals surface area (Å²) in [5, 5.41) is 12.7. The lowest BCUT2D eigenvalue weighted by atomic mass is 10.0. The van der Waals surface area contributed by atoms with Crippen molar-refractivity contribution in [1.82, 2.24) is 20.1 Å². The molecular weight excluding hydrogens is 332 g/mol. The summed E-state index contributed by atoms with van der Waals surface area (Å²) in [5.41, 5.74) is 1.25. The molecule has 0 unspecified atom stereocenters. The van der Waals surface area contributed by atoms with E-state index in [1.54, 1.807) is 0 Å². The topological polar surface area (TPSA) is 59.8 Å². The summed E-state index contributed by atoms with van der Waals surface area (Å²) in [5.74, 6) is 2.51. The molecule has 6 heteroatoms. The van der Waals surface area contributed by atoms with Gasteiger partial charge in [-0.15, -0.1) is 10.2 Å². The van der Waals surface area contributed by atoms with Gasteiger partial charge in [0.25, 0.3) is 0 Å². The first-order chi connectivity index (χ1) is 12.2. The Labute approximate surface area is 152 Å². The van der Waals surface area contributed by atoms with Crippen LogP contribution in [0.15, 0.2) is 35.5 Å². The zero-order valence-electron chi connectivity index (χ0n) is 14.5. The van der Waals surface area contributed by atoms with Crippen molar-refractivity contribution >= 4 is 17.7 Å². The van der Waals surface area contributed by atoms with E-state index in [0.717, 1.165) is 11.0 Å². The van der Waals surface area contributed by atoms with E-state index in [-0.39, 0.29) is 5.91 Å². The van der Waals surface area contributed by atoms with E-state index >= 15 is 0 Å². The minimum atomic E-state index is 0.0612. The van der Waals surface area contributed by atoms with Crippen molar-refractivity contribution in [3.8, 4) is 0 Å². The summed E-state index contributed by atoms with van der Waals surface area (Å²) in [7, 11) is 0. The second-order valence-corrected chi connectivity index (χ2v) is 8.06. The highest BCUT2D eigenvalue weighted by atomic mass is 32.2. The number of thioether (sulfide) groups is 1. The van der Waals surface area contributed by atoms with Crippen LogP contribution >= 0.6 is 11.8 Å². The van der Waals surface area contributed by atoms with Gasteiger partial charge in [0.05, 0.1) is 5.75 Å². The molecule has 2 aliphatic carbocycles. The van der Waals surface area contributed by atoms with Crippen LogP contribution in [0.25, 0.3) is 0 Å². The van der Waals surface area contributed by atoms with Gasteiger partial charge in [0, 0.05) is 18.5 Å². The molecule has 1 aromatic carbocycles. The summed E-state index contributed by atoms with van der Waals surface area (Å²) < 4.78 is 2.29. The van der Waals surface area contributed by atoms with Crippen LogP contribution in [0.2, 0.25) is 0 Å². The predicted molar refractivity (Wildman–Crippen MR) is 98.9 cm³/mol. The molecule has 0 bridgehead atoms. The highest BCUT2D eigenvalue weighted by Gasteiger charge is 2.36. The van der Waals surface area contributed by atoms with Gasteiger partial charge in [-0.1, -0.05) is 49.0 Å². The third-order valence-corrected chi connectivity index (χ3v) is 5.79. The van der Waals surface area contributed by atoms with Gasteiger partial charge in [-0.05, 0) is 37.2 Å². The summed E-state index contributed by atoms with van der Waals surface area (Å²) in [6, 6.07) is 10.8. The highest BCUT2D eigenvalue weighted by Crippen LogP contribution is 2.45. The smallest absolute Gasteiger partial charge is 0.230 e. The standard InChI is InChI=1S/C19H24N4OS/c1-13(14-5-3-2-4-6-14)11-20-17(24)12-25-19-22-21-18(15-7-8-15)23(19)16-9-10-16/h2-6,13,15-16H,7-12H2,1H3,(H,20,24)/t13-/m1/s1. The average molecular weight is 356 g/mol. The Bertz CT molecular complexity index is 737. The molecule has 1 amide bonds. The fourth-order valence-corrected chi connectivity index (χ4v) is 3.87. The number of carbonyl (C=O) groups is 1. The van der Waals surface area contributed by atoms with E-state index in [1.165, 1.54) is 43.0 Å². The van der Waals surface area contributed by atoms with Crippen LogP contribution in [-0.4, -0.2) is 33.0 Å². The van der Waals surface area contributed by atoms with E-state index < -0.39 is 0 Å². The van der Waals surface area contributed by atoms with Crippen LogP contribution in [0, 0.1) is 0 Å². The number of carbonyl (C=O) groups excluding carboxylic acids is 1. The summed E-state index contributed by atoms with van der Waals surface area (Å²) in [6.07, 6.45) is 4.89. The van der Waals surface area contributed by atoms with Gasteiger partial charge in [-0.2, -0.15) is 0 Å². The number of benzene rings is 1. The lowest BCUT2D eigenvalue weighted by molar-refractivity contribution is -0.118. The highest BCUT2D eigenvalue weighted by molar-refractivity contribution is 7.99. The van der Waals surface area contributed by atoms with Gasteiger partial charge in [0.1, 0.15) is 5.82 Å². The summed E-state index contributed by atoms with van der Waals surface area (Å²) >= 11 is 1.51. The molecule has 2 aromatic rings. The van der Waals surface area contributed by atoms with Crippen molar-refractivity contribution < 1.29 is 4.79 Å². The largest absolute Gasteiger partial charge is 0.355 e. The minimum Gasteiger partial charge on any atom is -0.355 e. The normalized spacial score (nSPS) is 18.1. The van der Waals surface area contributed by atoms with Gasteiger partial charge in [-0.25, -0.2) is 0 Å². The van der Waals surface area contributed by atoms with Crippen LogP contribution < -0.4 is 5.32 Å². The van der Waals surface area contributed by atoms with Crippen molar-refractivity contribution in [3.05, 3.63) is 41.7 Å². The molecule has 2 aliphatic rings. The number of rotatable bonds is 8. The Morgan fingerprint density at radius 1 is 1.24 bits per heavy atom. The Morgan fingerprint density at radius 2 is 2.00 bits per heavy atom. The first-order valence-corrected chi connectivity index (χ1v) is 10.1. The Morgan fingerprint density at radius 3 is 2.68 bits per heavy atom. The average Bonchev–Trinajstić information content (AvgIpc) is 3.57. The Balaban J connectivity index is 1.29. The molecule has 0 spiro atoms. The number of aromatic nitrogens is 3. The quantitative estimate of drug-likeness (QED) is 0.736. The number of nitrogens with zero attached hydrogens (tertiary/aromatic N) is 3. The van der Waals surface area contributed by atoms with Crippen molar-refractivity contribution in [2.24, 2.45) is 0 Å². The molecule has 1 atom stereocenters. The fraction of sp³-hybridized carbons (Fsp3) is 0.526. The second kappa shape index (κ2) is 7.20. The maximum absolute atomic E-state index is 12.2. The van der Waals surface area contributed by atoms with Crippen LogP contribution in [0.4, 0.5) is 0 Å². The Kier molecular flexibility index (Phi) is 4.79. The summed E-state index contributed by atoms with van der Waals surface area (Å²) in [4.78, 5) is 12.2. The lowest BCUT2D eigenvalue weighted by Crippen LogP contribution is -2.29. The van der Waals surface area contributed by atoms with Crippen molar-refractivity contribution in [3.63, 3.8) is 0 Å². The van der Waals surface area contributed by atoms with Gasteiger partial charge < -0.3 is 9.88 Å². The maximum atomic E-state index is 12.2. The number of hydrogen-bond donors (Lipinski definition) is 1. The molecule has 0 saturated heterocycles. The van der Waals surface area contributed by atoms with Gasteiger partial charge in [0.15, 0.2) is 5.16 Å². The van der Waals surface area contributed by atoms with Crippen LogP contribution in [0.1, 0.15) is 61.9 Å². The molecule has 0 radical (unpaired) electrons. The van der Waals surface area contributed by atoms with E-state index in [9.17, 15) is 4.79 Å². The van der Waals surface area contributed by atoms with Gasteiger partial charge >= 0.3 is 0 Å². The molecule has 2 fully saturated rings. The SMILES string of the molecule is C[C@H](CNC(=O)CSc1nnc(C2CC2)n1C1CC1)c1ccccc1. The zero-order chi connectivity index (χ0) is 17.2. The number of amides is 1. The summed E-state index contributed by atoms with van der Waals surface area (Å²) in [6.45, 7) is 2.79. The molecule has 1 heterocycles. The van der Waals surface area contributed by atoms with Crippen molar-refractivity contribution in [2.75, 3.05) is 12.3 Å². The molecule has 132 valence electrons. The van der Waals surface area contributed by atoms with Gasteiger partial charge in [-0.3, -0.25) is 4.79 Å². The van der Waals surface area contributed by atoms with E-state index in [0.29, 0.717) is 30.2 Å². The molecular formula is C19H24N4OS. The van der Waals surface area contributed by atoms with E-state index in [2.05, 4.69) is 39.1 Å². The van der Waals surface area contributed by atoms with Gasteiger partial charge in [0.2, 0.25) is 5.91 Å². The zero-order valence-corrected chi connectivity index (χ0v) is 15.3. The number of nitrogens with one attached hydrogen (secondary N) is 1. The Hall–Kier alpha value is -1.82. The molecule has 0 aliphatic heterocycles. The van der Waals surface area contributed by atoms with Crippen LogP contribution in [0.3, 0.4) is 0 Å². The first-order valence-electron chi connectivity index (χ1n) is 9.11. The molecule has 5 nitrogen and oxygen atoms in total. The van der Waals surface area contributed by atoms with E-state index in [1.807, 2.05) is 18.2 Å².